The molecule has 1 aromatic rings. The Labute approximate surface area is 125 Å². The molecule has 0 fully saturated rings. The van der Waals surface area contributed by atoms with Gasteiger partial charge in [0, 0.05) is 14.5 Å². The molecule has 0 aliphatic rings. The summed E-state index contributed by atoms with van der Waals surface area (Å²) in [4.78, 5) is 0.0761. The van der Waals surface area contributed by atoms with Crippen molar-refractivity contribution in [2.24, 2.45) is 0 Å². The molecule has 0 radical (unpaired) electrons. The molecule has 4 nitrogen and oxygen atoms in total. The van der Waals surface area contributed by atoms with Gasteiger partial charge in [-0.2, -0.15) is 0 Å². The number of rotatable bonds is 4. The van der Waals surface area contributed by atoms with E-state index < -0.39 is 15.6 Å². The minimum absolute atomic E-state index is 0.0761. The van der Waals surface area contributed by atoms with Gasteiger partial charge in [-0.1, -0.05) is 22.9 Å². The minimum atomic E-state index is -3.65. The summed E-state index contributed by atoms with van der Waals surface area (Å²) in [6.07, 6.45) is 0.681. The van der Waals surface area contributed by atoms with Crippen LogP contribution in [0.3, 0.4) is 0 Å². The third kappa shape index (κ3) is 3.69. The summed E-state index contributed by atoms with van der Waals surface area (Å²) in [7, 11) is -3.65. The summed E-state index contributed by atoms with van der Waals surface area (Å²) in [6, 6.07) is 3.22. The molecule has 0 atom stereocenters. The first-order valence-corrected chi connectivity index (χ1v) is 8.44. The maximum absolute atomic E-state index is 12.3. The molecule has 0 aliphatic heterocycles. The van der Waals surface area contributed by atoms with Crippen LogP contribution in [0.4, 0.5) is 5.69 Å². The molecule has 0 aliphatic carbocycles. The van der Waals surface area contributed by atoms with Crippen molar-refractivity contribution in [3.05, 3.63) is 21.1 Å². The molecule has 102 valence electrons. The van der Waals surface area contributed by atoms with Crippen LogP contribution in [0.1, 0.15) is 27.2 Å². The summed E-state index contributed by atoms with van der Waals surface area (Å²) >= 11 is 6.50. The highest BCUT2D eigenvalue weighted by atomic mass is 79.9. The predicted molar refractivity (Wildman–Crippen MR) is 80.9 cm³/mol. The van der Waals surface area contributed by atoms with Gasteiger partial charge in [0.1, 0.15) is 4.90 Å². The molecule has 3 N–H and O–H groups in total. The van der Waals surface area contributed by atoms with Gasteiger partial charge in [-0.25, -0.2) is 13.1 Å². The molecule has 1 aromatic carbocycles. The Morgan fingerprint density at radius 3 is 2.33 bits per heavy atom. The molecule has 0 unspecified atom stereocenters. The van der Waals surface area contributed by atoms with Gasteiger partial charge in [-0.05, 0) is 48.3 Å². The second-order valence-electron chi connectivity index (χ2n) is 4.65. The molecular weight excluding hydrogens is 384 g/mol. The zero-order valence-corrected chi connectivity index (χ0v) is 14.4. The predicted octanol–water partition coefficient (Wildman–Crippen LogP) is 3.26. The van der Waals surface area contributed by atoms with Crippen molar-refractivity contribution < 1.29 is 8.42 Å². The van der Waals surface area contributed by atoms with Crippen LogP contribution in [0.15, 0.2) is 26.0 Å². The highest BCUT2D eigenvalue weighted by Gasteiger charge is 2.28. The maximum atomic E-state index is 12.3. The van der Waals surface area contributed by atoms with E-state index >= 15 is 0 Å². The summed E-state index contributed by atoms with van der Waals surface area (Å²) in [5.41, 5.74) is 5.48. The van der Waals surface area contributed by atoms with Crippen molar-refractivity contribution in [1.29, 1.82) is 0 Å². The van der Waals surface area contributed by atoms with E-state index in [9.17, 15) is 8.42 Å². The van der Waals surface area contributed by atoms with Crippen LogP contribution in [0.25, 0.3) is 0 Å². The number of sulfonamides is 1. The summed E-state index contributed by atoms with van der Waals surface area (Å²) < 4.78 is 28.5. The lowest BCUT2D eigenvalue weighted by molar-refractivity contribution is 0.439. The number of nitrogens with one attached hydrogen (secondary N) is 1. The van der Waals surface area contributed by atoms with Gasteiger partial charge in [0.25, 0.3) is 0 Å². The maximum Gasteiger partial charge on any atom is 0.244 e. The Morgan fingerprint density at radius 1 is 1.33 bits per heavy atom. The van der Waals surface area contributed by atoms with Crippen molar-refractivity contribution in [3.8, 4) is 0 Å². The normalized spacial score (nSPS) is 12.7. The van der Waals surface area contributed by atoms with E-state index in [4.69, 9.17) is 5.73 Å². The van der Waals surface area contributed by atoms with Gasteiger partial charge >= 0.3 is 0 Å². The summed E-state index contributed by atoms with van der Waals surface area (Å²) in [5.74, 6) is 0. The third-order valence-electron chi connectivity index (χ3n) is 2.60. The van der Waals surface area contributed by atoms with Gasteiger partial charge < -0.3 is 5.73 Å². The Balaban J connectivity index is 3.30. The molecule has 0 saturated carbocycles. The molecule has 7 heteroatoms. The van der Waals surface area contributed by atoms with Crippen LogP contribution in [-0.2, 0) is 10.0 Å². The average molecular weight is 400 g/mol. The van der Waals surface area contributed by atoms with E-state index in [1.54, 1.807) is 12.1 Å². The summed E-state index contributed by atoms with van der Waals surface area (Å²) in [5, 5.41) is 0. The van der Waals surface area contributed by atoms with Gasteiger partial charge in [0.05, 0.1) is 5.69 Å². The Hall–Kier alpha value is -0.110. The van der Waals surface area contributed by atoms with E-state index in [1.807, 2.05) is 20.8 Å². The van der Waals surface area contributed by atoms with Crippen LogP contribution >= 0.6 is 31.9 Å². The van der Waals surface area contributed by atoms with Crippen LogP contribution in [-0.4, -0.2) is 14.0 Å². The molecule has 1 rings (SSSR count). The lowest BCUT2D eigenvalue weighted by atomic mass is 10.0. The van der Waals surface area contributed by atoms with Crippen molar-refractivity contribution in [2.75, 3.05) is 5.73 Å². The number of nitrogens with two attached hydrogens (primary N) is 1. The number of halogens is 2. The monoisotopic (exact) mass is 398 g/mol. The standard InChI is InChI=1S/C11H16Br2N2O2S/c1-4-11(2,3)15-18(16,17)10-8(13)5-7(12)6-9(10)14/h5-6,15H,4,14H2,1-3H3. The largest absolute Gasteiger partial charge is 0.398 e. The Morgan fingerprint density at radius 2 is 1.89 bits per heavy atom. The first-order chi connectivity index (χ1) is 8.09. The van der Waals surface area contributed by atoms with E-state index in [0.717, 1.165) is 4.47 Å². The van der Waals surface area contributed by atoms with Gasteiger partial charge in [-0.15, -0.1) is 0 Å². The highest BCUT2D eigenvalue weighted by molar-refractivity contribution is 9.11. The van der Waals surface area contributed by atoms with Gasteiger partial charge in [0.2, 0.25) is 10.0 Å². The van der Waals surface area contributed by atoms with Crippen LogP contribution in [0.5, 0.6) is 0 Å². The lowest BCUT2D eigenvalue weighted by Gasteiger charge is -2.25. The molecule has 0 heterocycles. The Kier molecular flexibility index (Phi) is 4.86. The lowest BCUT2D eigenvalue weighted by Crippen LogP contribution is -2.42. The minimum Gasteiger partial charge on any atom is -0.398 e. The van der Waals surface area contributed by atoms with E-state index in [1.165, 1.54) is 0 Å². The zero-order chi connectivity index (χ0) is 14.1. The van der Waals surface area contributed by atoms with Crippen molar-refractivity contribution in [3.63, 3.8) is 0 Å². The van der Waals surface area contributed by atoms with Crippen molar-refractivity contribution in [2.45, 2.75) is 37.6 Å². The number of hydrogen-bond acceptors (Lipinski definition) is 3. The zero-order valence-electron chi connectivity index (χ0n) is 10.4. The van der Waals surface area contributed by atoms with Crippen molar-refractivity contribution >= 4 is 47.6 Å². The fourth-order valence-electron chi connectivity index (χ4n) is 1.35. The Bertz CT molecular complexity index is 533. The van der Waals surface area contributed by atoms with E-state index in [0.29, 0.717) is 10.9 Å². The molecule has 0 spiro atoms. The summed E-state index contributed by atoms with van der Waals surface area (Å²) in [6.45, 7) is 5.57. The van der Waals surface area contributed by atoms with E-state index in [2.05, 4.69) is 36.6 Å². The molecule has 0 aromatic heterocycles. The molecule has 18 heavy (non-hydrogen) atoms. The van der Waals surface area contributed by atoms with Crippen LogP contribution < -0.4 is 10.5 Å². The SMILES string of the molecule is CCC(C)(C)NS(=O)(=O)c1c(N)cc(Br)cc1Br. The smallest absolute Gasteiger partial charge is 0.244 e. The number of anilines is 1. The molecule has 0 bridgehead atoms. The topological polar surface area (TPSA) is 72.2 Å². The quantitative estimate of drug-likeness (QED) is 0.763. The first-order valence-electron chi connectivity index (χ1n) is 5.37. The molecular formula is C11H16Br2N2O2S. The number of hydrogen-bond donors (Lipinski definition) is 2. The average Bonchev–Trinajstić information content (AvgIpc) is 2.13. The second-order valence-corrected chi connectivity index (χ2v) is 8.04. The van der Waals surface area contributed by atoms with Gasteiger partial charge in [0.15, 0.2) is 0 Å². The molecule has 0 saturated heterocycles. The second kappa shape index (κ2) is 5.48. The molecule has 0 amide bonds. The van der Waals surface area contributed by atoms with E-state index in [-0.39, 0.29) is 10.6 Å². The third-order valence-corrected chi connectivity index (χ3v) is 5.76. The first kappa shape index (κ1) is 15.9. The van der Waals surface area contributed by atoms with Crippen LogP contribution in [0, 0.1) is 0 Å². The fourth-order valence-corrected chi connectivity index (χ4v) is 4.91. The van der Waals surface area contributed by atoms with Gasteiger partial charge in [-0.3, -0.25) is 0 Å². The van der Waals surface area contributed by atoms with Crippen molar-refractivity contribution in [1.82, 2.24) is 4.72 Å². The number of nitrogen functional groups attached to an aromatic ring is 1. The number of benzene rings is 1. The van der Waals surface area contributed by atoms with Crippen LogP contribution in [0.2, 0.25) is 0 Å². The highest BCUT2D eigenvalue weighted by Crippen LogP contribution is 2.32. The fraction of sp³-hybridized carbons (Fsp3) is 0.455.